The fraction of sp³-hybridized carbons (Fsp3) is 0.350. The van der Waals surface area contributed by atoms with Gasteiger partial charge in [0.05, 0.1) is 5.69 Å². The van der Waals surface area contributed by atoms with E-state index in [4.69, 9.17) is 16.6 Å². The van der Waals surface area contributed by atoms with Gasteiger partial charge in [-0.1, -0.05) is 29.8 Å². The minimum Gasteiger partial charge on any atom is -0.370 e. The Kier molecular flexibility index (Phi) is 6.64. The molecule has 2 aromatic heterocycles. The molecule has 0 spiro atoms. The Bertz CT molecular complexity index is 1010. The summed E-state index contributed by atoms with van der Waals surface area (Å²) in [5.74, 6) is 0.840. The van der Waals surface area contributed by atoms with Crippen LogP contribution >= 0.6 is 11.6 Å². The molecule has 0 saturated heterocycles. The van der Waals surface area contributed by atoms with E-state index in [2.05, 4.69) is 15.7 Å². The fourth-order valence-electron chi connectivity index (χ4n) is 3.00. The van der Waals surface area contributed by atoms with Gasteiger partial charge in [0.15, 0.2) is 5.65 Å². The molecule has 2 heterocycles. The van der Waals surface area contributed by atoms with Gasteiger partial charge < -0.3 is 15.5 Å². The molecule has 3 rings (SSSR count). The van der Waals surface area contributed by atoms with Gasteiger partial charge in [0.25, 0.3) is 0 Å². The Balaban J connectivity index is 1.74. The summed E-state index contributed by atoms with van der Waals surface area (Å²) in [4.78, 5) is 18.4. The number of hydrogen-bond acceptors (Lipinski definition) is 4. The third kappa shape index (κ3) is 5.01. The van der Waals surface area contributed by atoms with E-state index >= 15 is 0 Å². The number of rotatable bonds is 7. The van der Waals surface area contributed by atoms with E-state index in [1.807, 2.05) is 52.0 Å². The molecule has 0 bridgehead atoms. The van der Waals surface area contributed by atoms with Crippen LogP contribution in [0.25, 0.3) is 16.9 Å². The van der Waals surface area contributed by atoms with Crippen LogP contribution in [0.3, 0.4) is 0 Å². The average Bonchev–Trinajstić information content (AvgIpc) is 3.06. The first-order valence-electron chi connectivity index (χ1n) is 9.72. The van der Waals surface area contributed by atoms with Gasteiger partial charge in [0.1, 0.15) is 13.7 Å². The lowest BCUT2D eigenvalue weighted by molar-refractivity contribution is 0.206. The number of carbonyl (C=O) groups is 1. The van der Waals surface area contributed by atoms with Crippen molar-refractivity contribution in [3.63, 3.8) is 0 Å². The number of urea groups is 1. The molecule has 9 heteroatoms. The molecule has 2 N–H and O–H groups in total. The highest BCUT2D eigenvalue weighted by Gasteiger charge is 2.13. The molecule has 0 fully saturated rings. The van der Waals surface area contributed by atoms with Crippen molar-refractivity contribution in [2.24, 2.45) is 0 Å². The first kappa shape index (κ1) is 21.0. The van der Waals surface area contributed by atoms with E-state index in [9.17, 15) is 4.79 Å². The number of benzene rings is 1. The molecule has 0 aliphatic carbocycles. The highest BCUT2D eigenvalue weighted by molar-refractivity contribution is 6.36. The summed E-state index contributed by atoms with van der Waals surface area (Å²) in [6.45, 7) is 5.24. The number of halogens is 1. The maximum absolute atomic E-state index is 12.0. The van der Waals surface area contributed by atoms with Gasteiger partial charge in [-0.3, -0.25) is 0 Å². The van der Waals surface area contributed by atoms with E-state index in [1.54, 1.807) is 22.7 Å². The molecule has 2 amide bonds. The molecule has 0 radical (unpaired) electrons. The van der Waals surface area contributed by atoms with Crippen molar-refractivity contribution in [1.82, 2.24) is 24.8 Å². The van der Waals surface area contributed by atoms with Crippen molar-refractivity contribution >= 4 is 42.4 Å². The third-order valence-electron chi connectivity index (χ3n) is 4.53. The van der Waals surface area contributed by atoms with Crippen molar-refractivity contribution in [2.75, 3.05) is 25.5 Å². The molecule has 7 nitrogen and oxygen atoms in total. The molecule has 0 atom stereocenters. The number of nitrogens with one attached hydrogen (secondary N) is 2. The van der Waals surface area contributed by atoms with Gasteiger partial charge in [-0.2, -0.15) is 9.61 Å². The minimum absolute atomic E-state index is 0.0602. The fourth-order valence-corrected chi connectivity index (χ4v) is 3.23. The predicted molar refractivity (Wildman–Crippen MR) is 121 cm³/mol. The first-order chi connectivity index (χ1) is 13.9. The molecule has 0 unspecified atom stereocenters. The Morgan fingerprint density at radius 1 is 1.34 bits per heavy atom. The molecular weight excluding hydrogens is 387 g/mol. The van der Waals surface area contributed by atoms with Gasteiger partial charge in [0, 0.05) is 49.0 Å². The summed E-state index contributed by atoms with van der Waals surface area (Å²) in [5, 5.41) is 11.4. The van der Waals surface area contributed by atoms with Crippen LogP contribution in [0.4, 0.5) is 10.6 Å². The zero-order valence-electron chi connectivity index (χ0n) is 17.2. The van der Waals surface area contributed by atoms with Gasteiger partial charge in [-0.05, 0) is 31.8 Å². The average molecular weight is 413 g/mol. The number of aromatic nitrogens is 3. The number of fused-ring (bicyclic) bond motifs is 1. The van der Waals surface area contributed by atoms with Gasteiger partial charge in [-0.15, -0.1) is 0 Å². The summed E-state index contributed by atoms with van der Waals surface area (Å²) < 4.78 is 1.80. The number of hydrogen-bond donors (Lipinski definition) is 2. The zero-order valence-corrected chi connectivity index (χ0v) is 18.0. The topological polar surface area (TPSA) is 74.6 Å². The Morgan fingerprint density at radius 3 is 2.83 bits per heavy atom. The Labute approximate surface area is 176 Å². The quantitative estimate of drug-likeness (QED) is 0.461. The summed E-state index contributed by atoms with van der Waals surface area (Å²) in [5.41, 5.74) is 3.46. The first-order valence-corrected chi connectivity index (χ1v) is 10.1. The van der Waals surface area contributed by atoms with Crippen molar-refractivity contribution < 1.29 is 4.79 Å². The van der Waals surface area contributed by atoms with Crippen LogP contribution in [0.2, 0.25) is 5.02 Å². The maximum Gasteiger partial charge on any atom is 0.317 e. The maximum atomic E-state index is 12.0. The normalized spacial score (nSPS) is 11.1. The van der Waals surface area contributed by atoms with Crippen molar-refractivity contribution in [3.05, 3.63) is 41.6 Å². The van der Waals surface area contributed by atoms with Gasteiger partial charge in [-0.25, -0.2) is 9.78 Å². The van der Waals surface area contributed by atoms with Gasteiger partial charge >= 0.3 is 6.03 Å². The summed E-state index contributed by atoms with van der Waals surface area (Å²) >= 11 is 6.38. The molecule has 0 aliphatic heterocycles. The van der Waals surface area contributed by atoms with Crippen LogP contribution in [0.1, 0.15) is 20.3 Å². The number of anilines is 1. The summed E-state index contributed by atoms with van der Waals surface area (Å²) in [6, 6.07) is 9.68. The second-order valence-electron chi connectivity index (χ2n) is 7.38. The standard InChI is InChI=1S/C20H26BClN6O/c1-13(2)25-20(29)27(3)10-6-9-23-18-11-17(14-7-4-5-8-16(14)22)26-19-15(21)12-24-28(18)19/h4-5,7-8,11-13,23H,6,9-10,21H2,1-3H3,(H,25,29). The molecule has 152 valence electrons. The predicted octanol–water partition coefficient (Wildman–Crippen LogP) is 2.16. The van der Waals surface area contributed by atoms with Crippen molar-refractivity contribution in [2.45, 2.75) is 26.3 Å². The second kappa shape index (κ2) is 9.18. The number of amides is 2. The molecule has 0 saturated carbocycles. The van der Waals surface area contributed by atoms with Crippen LogP contribution in [0.5, 0.6) is 0 Å². The third-order valence-corrected chi connectivity index (χ3v) is 4.86. The van der Waals surface area contributed by atoms with Gasteiger partial charge in [0.2, 0.25) is 0 Å². The lowest BCUT2D eigenvalue weighted by Gasteiger charge is -2.20. The zero-order chi connectivity index (χ0) is 21.0. The summed E-state index contributed by atoms with van der Waals surface area (Å²) in [7, 11) is 3.78. The highest BCUT2D eigenvalue weighted by Crippen LogP contribution is 2.28. The second-order valence-corrected chi connectivity index (χ2v) is 7.78. The Morgan fingerprint density at radius 2 is 2.10 bits per heavy atom. The van der Waals surface area contributed by atoms with Crippen molar-refractivity contribution in [1.29, 1.82) is 0 Å². The van der Waals surface area contributed by atoms with E-state index in [0.29, 0.717) is 18.1 Å². The number of carbonyl (C=O) groups excluding carboxylic acids is 1. The van der Waals surface area contributed by atoms with Crippen LogP contribution in [-0.2, 0) is 0 Å². The van der Waals surface area contributed by atoms with E-state index < -0.39 is 0 Å². The molecule has 29 heavy (non-hydrogen) atoms. The largest absolute Gasteiger partial charge is 0.370 e. The lowest BCUT2D eigenvalue weighted by Crippen LogP contribution is -2.41. The van der Waals surface area contributed by atoms with Crippen LogP contribution in [0, 0.1) is 0 Å². The SMILES string of the molecule is Bc1cnn2c(NCCCN(C)C(=O)NC(C)C)cc(-c3ccccc3Cl)nc12. The van der Waals surface area contributed by atoms with Crippen LogP contribution < -0.4 is 16.1 Å². The van der Waals surface area contributed by atoms with Crippen LogP contribution in [-0.4, -0.2) is 59.6 Å². The molecular formula is C20H26BClN6O. The molecule has 0 aliphatic rings. The highest BCUT2D eigenvalue weighted by atomic mass is 35.5. The molecule has 3 aromatic rings. The minimum atomic E-state index is -0.0602. The van der Waals surface area contributed by atoms with Crippen molar-refractivity contribution in [3.8, 4) is 11.3 Å². The monoisotopic (exact) mass is 412 g/mol. The van der Waals surface area contributed by atoms with Crippen LogP contribution in [0.15, 0.2) is 36.5 Å². The smallest absolute Gasteiger partial charge is 0.317 e. The Hall–Kier alpha value is -2.74. The van der Waals surface area contributed by atoms with E-state index in [-0.39, 0.29) is 12.1 Å². The number of nitrogens with zero attached hydrogens (tertiary/aromatic N) is 4. The van der Waals surface area contributed by atoms with E-state index in [0.717, 1.165) is 34.6 Å². The summed E-state index contributed by atoms with van der Waals surface area (Å²) in [6.07, 6.45) is 2.60. The van der Waals surface area contributed by atoms with E-state index in [1.165, 1.54) is 0 Å². The molecule has 1 aromatic carbocycles. The lowest BCUT2D eigenvalue weighted by atomic mass is 10.0.